The SMILES string of the molecule is COc1ccc2c(c1)OC(C)(C)C[C@@H]2NS(=O)(=O)c1ccc2c(c1)sc(=O)n2Cc1ccccc1Cl. The lowest BCUT2D eigenvalue weighted by molar-refractivity contribution is 0.0699. The fourth-order valence-corrected chi connectivity index (χ4v) is 6.92. The van der Waals surface area contributed by atoms with E-state index in [9.17, 15) is 13.2 Å². The van der Waals surface area contributed by atoms with Crippen LogP contribution in [-0.4, -0.2) is 25.7 Å². The third-order valence-corrected chi connectivity index (χ3v) is 8.99. The van der Waals surface area contributed by atoms with Crippen molar-refractivity contribution in [2.75, 3.05) is 7.11 Å². The normalized spacial score (nSPS) is 16.9. The summed E-state index contributed by atoms with van der Waals surface area (Å²) in [6.07, 6.45) is 0.454. The molecule has 0 unspecified atom stereocenters. The number of hydrogen-bond donors (Lipinski definition) is 1. The molecule has 0 spiro atoms. The second kappa shape index (κ2) is 9.23. The van der Waals surface area contributed by atoms with Gasteiger partial charge in [-0.1, -0.05) is 47.2 Å². The summed E-state index contributed by atoms with van der Waals surface area (Å²) in [6, 6.07) is 17.0. The van der Waals surface area contributed by atoms with E-state index < -0.39 is 21.7 Å². The number of benzene rings is 3. The van der Waals surface area contributed by atoms with Gasteiger partial charge in [-0.2, -0.15) is 0 Å². The van der Waals surface area contributed by atoms with E-state index in [0.717, 1.165) is 22.5 Å². The second-order valence-electron chi connectivity index (χ2n) is 9.32. The zero-order valence-electron chi connectivity index (χ0n) is 19.9. The van der Waals surface area contributed by atoms with Crippen LogP contribution in [0.2, 0.25) is 5.02 Å². The molecular weight excluding hydrogens is 520 g/mol. The van der Waals surface area contributed by atoms with Gasteiger partial charge in [0.2, 0.25) is 10.0 Å². The molecule has 1 aromatic heterocycles. The van der Waals surface area contributed by atoms with Crippen LogP contribution in [0.15, 0.2) is 70.4 Å². The first kappa shape index (κ1) is 24.8. The molecule has 0 amide bonds. The number of methoxy groups -OCH3 is 1. The van der Waals surface area contributed by atoms with E-state index >= 15 is 0 Å². The molecule has 7 nitrogen and oxygen atoms in total. The predicted octanol–water partition coefficient (Wildman–Crippen LogP) is 5.35. The Balaban J connectivity index is 1.47. The van der Waals surface area contributed by atoms with Crippen molar-refractivity contribution in [2.24, 2.45) is 0 Å². The second-order valence-corrected chi connectivity index (χ2v) is 12.4. The molecule has 0 radical (unpaired) electrons. The molecule has 0 saturated carbocycles. The molecule has 1 aliphatic heterocycles. The van der Waals surface area contributed by atoms with Crippen molar-refractivity contribution in [1.82, 2.24) is 9.29 Å². The number of halogens is 1. The minimum atomic E-state index is -3.89. The van der Waals surface area contributed by atoms with Gasteiger partial charge in [0.1, 0.15) is 17.1 Å². The Kier molecular flexibility index (Phi) is 6.36. The van der Waals surface area contributed by atoms with E-state index in [4.69, 9.17) is 21.1 Å². The van der Waals surface area contributed by atoms with Crippen LogP contribution in [0.1, 0.15) is 37.4 Å². The van der Waals surface area contributed by atoms with Crippen molar-refractivity contribution in [3.05, 3.63) is 86.5 Å². The van der Waals surface area contributed by atoms with Gasteiger partial charge in [-0.25, -0.2) is 13.1 Å². The lowest BCUT2D eigenvalue weighted by atomic mass is 9.90. The molecule has 36 heavy (non-hydrogen) atoms. The molecule has 0 saturated heterocycles. The molecule has 188 valence electrons. The Morgan fingerprint density at radius 3 is 2.69 bits per heavy atom. The lowest BCUT2D eigenvalue weighted by Crippen LogP contribution is -2.41. The van der Waals surface area contributed by atoms with Gasteiger partial charge < -0.3 is 9.47 Å². The van der Waals surface area contributed by atoms with Crippen LogP contribution >= 0.6 is 22.9 Å². The number of sulfonamides is 1. The van der Waals surface area contributed by atoms with Crippen molar-refractivity contribution < 1.29 is 17.9 Å². The number of aromatic nitrogens is 1. The quantitative estimate of drug-likeness (QED) is 0.353. The van der Waals surface area contributed by atoms with E-state index in [1.54, 1.807) is 42.0 Å². The van der Waals surface area contributed by atoms with E-state index in [2.05, 4.69) is 4.72 Å². The van der Waals surface area contributed by atoms with Crippen LogP contribution in [-0.2, 0) is 16.6 Å². The highest BCUT2D eigenvalue weighted by Gasteiger charge is 2.36. The van der Waals surface area contributed by atoms with E-state index in [-0.39, 0.29) is 9.77 Å². The summed E-state index contributed by atoms with van der Waals surface area (Å²) in [7, 11) is -2.32. The van der Waals surface area contributed by atoms with Gasteiger partial charge in [-0.15, -0.1) is 0 Å². The summed E-state index contributed by atoms with van der Waals surface area (Å²) in [5.74, 6) is 1.22. The first-order valence-corrected chi connectivity index (χ1v) is 14.0. The van der Waals surface area contributed by atoms with Gasteiger partial charge in [0.15, 0.2) is 0 Å². The molecule has 0 bridgehead atoms. The largest absolute Gasteiger partial charge is 0.497 e. The van der Waals surface area contributed by atoms with Crippen molar-refractivity contribution in [2.45, 2.75) is 43.4 Å². The number of hydrogen-bond acceptors (Lipinski definition) is 6. The zero-order valence-corrected chi connectivity index (χ0v) is 22.3. The topological polar surface area (TPSA) is 86.6 Å². The maximum absolute atomic E-state index is 13.4. The van der Waals surface area contributed by atoms with E-state index in [1.807, 2.05) is 38.1 Å². The predicted molar refractivity (Wildman–Crippen MR) is 142 cm³/mol. The molecular formula is C26H25ClN2O5S2. The first-order chi connectivity index (χ1) is 17.1. The number of rotatable bonds is 6. The third-order valence-electron chi connectivity index (χ3n) is 6.21. The van der Waals surface area contributed by atoms with Gasteiger partial charge >= 0.3 is 4.87 Å². The molecule has 10 heteroatoms. The van der Waals surface area contributed by atoms with Gasteiger partial charge in [0.05, 0.1) is 34.8 Å². The molecule has 1 atom stereocenters. The Morgan fingerprint density at radius 1 is 1.17 bits per heavy atom. The number of nitrogens with one attached hydrogen (secondary N) is 1. The summed E-state index contributed by atoms with van der Waals surface area (Å²) < 4.78 is 43.3. The van der Waals surface area contributed by atoms with E-state index in [0.29, 0.717) is 39.7 Å². The summed E-state index contributed by atoms with van der Waals surface area (Å²) in [5, 5.41) is 0.574. The molecule has 3 aromatic carbocycles. The number of ether oxygens (including phenoxy) is 2. The Hall–Kier alpha value is -2.85. The van der Waals surface area contributed by atoms with Gasteiger partial charge in [0, 0.05) is 23.1 Å². The van der Waals surface area contributed by atoms with Crippen molar-refractivity contribution in [3.63, 3.8) is 0 Å². The Labute approximate surface area is 218 Å². The summed E-state index contributed by atoms with van der Waals surface area (Å²) in [5.41, 5.74) is 1.65. The molecule has 5 rings (SSSR count). The minimum Gasteiger partial charge on any atom is -0.497 e. The first-order valence-electron chi connectivity index (χ1n) is 11.3. The lowest BCUT2D eigenvalue weighted by Gasteiger charge is -2.37. The fourth-order valence-electron chi connectivity index (χ4n) is 4.48. The summed E-state index contributed by atoms with van der Waals surface area (Å²) >= 11 is 7.29. The number of fused-ring (bicyclic) bond motifs is 2. The monoisotopic (exact) mass is 544 g/mol. The van der Waals surface area contributed by atoms with Crippen LogP contribution in [0, 0.1) is 0 Å². The standard InChI is InChI=1S/C26H25ClN2O5S2/c1-26(2)14-21(19-10-8-17(33-3)12-23(19)34-26)28-36(31,32)18-9-11-22-24(13-18)35-25(30)29(22)15-16-6-4-5-7-20(16)27/h4-13,21,28H,14-15H2,1-3H3/t21-/m0/s1. The van der Waals surface area contributed by atoms with Crippen LogP contribution in [0.3, 0.4) is 0 Å². The van der Waals surface area contributed by atoms with Crippen molar-refractivity contribution in [3.8, 4) is 11.5 Å². The average Bonchev–Trinajstić information content (AvgIpc) is 3.13. The number of nitrogens with zero attached hydrogens (tertiary/aromatic N) is 1. The van der Waals surface area contributed by atoms with Gasteiger partial charge in [-0.05, 0) is 49.7 Å². The molecule has 0 aliphatic carbocycles. The Morgan fingerprint density at radius 2 is 1.94 bits per heavy atom. The molecule has 1 aliphatic rings. The highest BCUT2D eigenvalue weighted by atomic mass is 35.5. The van der Waals surface area contributed by atoms with Crippen LogP contribution < -0.4 is 19.1 Å². The molecule has 4 aromatic rings. The van der Waals surface area contributed by atoms with Crippen LogP contribution in [0.4, 0.5) is 0 Å². The van der Waals surface area contributed by atoms with Crippen molar-refractivity contribution >= 4 is 43.2 Å². The molecule has 0 fully saturated rings. The summed E-state index contributed by atoms with van der Waals surface area (Å²) in [4.78, 5) is 12.7. The van der Waals surface area contributed by atoms with Crippen LogP contribution in [0.25, 0.3) is 10.2 Å². The van der Waals surface area contributed by atoms with Crippen LogP contribution in [0.5, 0.6) is 11.5 Å². The number of thiazole rings is 1. The smallest absolute Gasteiger partial charge is 0.308 e. The Bertz CT molecular complexity index is 1630. The van der Waals surface area contributed by atoms with E-state index in [1.165, 1.54) is 6.07 Å². The minimum absolute atomic E-state index is 0.0977. The van der Waals surface area contributed by atoms with Gasteiger partial charge in [0.25, 0.3) is 0 Å². The maximum atomic E-state index is 13.4. The molecule has 1 N–H and O–H groups in total. The van der Waals surface area contributed by atoms with Gasteiger partial charge in [-0.3, -0.25) is 9.36 Å². The highest BCUT2D eigenvalue weighted by molar-refractivity contribution is 7.89. The van der Waals surface area contributed by atoms with Crippen molar-refractivity contribution in [1.29, 1.82) is 0 Å². The fraction of sp³-hybridized carbons (Fsp3) is 0.269. The maximum Gasteiger partial charge on any atom is 0.308 e. The zero-order chi connectivity index (χ0) is 25.7. The third kappa shape index (κ3) is 4.76. The summed E-state index contributed by atoms with van der Waals surface area (Å²) in [6.45, 7) is 4.14. The average molecular weight is 545 g/mol. The highest BCUT2D eigenvalue weighted by Crippen LogP contribution is 2.42. The molecule has 2 heterocycles.